The summed E-state index contributed by atoms with van der Waals surface area (Å²) < 4.78 is 0. The Kier molecular flexibility index (Phi) is 13.3. The Morgan fingerprint density at radius 3 is 1.65 bits per heavy atom. The molecule has 0 aliphatic heterocycles. The van der Waals surface area contributed by atoms with Crippen molar-refractivity contribution in [3.63, 3.8) is 0 Å². The quantitative estimate of drug-likeness (QED) is 0.325. The molecule has 2 heteroatoms. The smallest absolute Gasteiger partial charge is 0.0349 e. The van der Waals surface area contributed by atoms with E-state index in [4.69, 9.17) is 5.73 Å². The molecule has 1 aromatic rings. The summed E-state index contributed by atoms with van der Waals surface area (Å²) in [6.07, 6.45) is 15.4. The van der Waals surface area contributed by atoms with Gasteiger partial charge in [-0.25, -0.2) is 0 Å². The molecule has 0 spiro atoms. The first-order valence-electron chi connectivity index (χ1n) is 9.63. The van der Waals surface area contributed by atoms with Crippen LogP contribution < -0.4 is 5.73 Å². The van der Waals surface area contributed by atoms with Crippen molar-refractivity contribution in [1.82, 2.24) is 0 Å². The maximum Gasteiger partial charge on any atom is 0.0349 e. The molecular formula is C21H38ClN. The van der Waals surface area contributed by atoms with Gasteiger partial charge in [0.05, 0.1) is 0 Å². The molecule has 23 heavy (non-hydrogen) atoms. The first-order chi connectivity index (χ1) is 10.7. The minimum atomic E-state index is 0. The SMILES string of the molecule is CCCCCc1ccc(N)c(CCCCC)c1CCCCC.Cl. The molecule has 0 saturated carbocycles. The Morgan fingerprint density at radius 2 is 1.13 bits per heavy atom. The lowest BCUT2D eigenvalue weighted by Gasteiger charge is -2.17. The molecule has 0 aromatic heterocycles. The summed E-state index contributed by atoms with van der Waals surface area (Å²) in [5.74, 6) is 0. The van der Waals surface area contributed by atoms with Gasteiger partial charge in [0.2, 0.25) is 0 Å². The predicted molar refractivity (Wildman–Crippen MR) is 108 cm³/mol. The van der Waals surface area contributed by atoms with Crippen LogP contribution in [-0.2, 0) is 19.3 Å². The van der Waals surface area contributed by atoms with Gasteiger partial charge in [-0.05, 0) is 61.3 Å². The maximum atomic E-state index is 6.33. The Labute approximate surface area is 150 Å². The van der Waals surface area contributed by atoms with E-state index in [1.165, 1.54) is 82.6 Å². The van der Waals surface area contributed by atoms with E-state index in [0.717, 1.165) is 5.69 Å². The van der Waals surface area contributed by atoms with Crippen molar-refractivity contribution in [1.29, 1.82) is 0 Å². The highest BCUT2D eigenvalue weighted by Gasteiger charge is 2.11. The largest absolute Gasteiger partial charge is 0.398 e. The van der Waals surface area contributed by atoms with Gasteiger partial charge >= 0.3 is 0 Å². The van der Waals surface area contributed by atoms with E-state index in [2.05, 4.69) is 32.9 Å². The van der Waals surface area contributed by atoms with Gasteiger partial charge in [0.1, 0.15) is 0 Å². The summed E-state index contributed by atoms with van der Waals surface area (Å²) in [5, 5.41) is 0. The number of halogens is 1. The molecule has 1 nitrogen and oxygen atoms in total. The molecule has 0 atom stereocenters. The van der Waals surface area contributed by atoms with E-state index >= 15 is 0 Å². The Bertz CT molecular complexity index is 415. The zero-order valence-corrected chi connectivity index (χ0v) is 16.4. The van der Waals surface area contributed by atoms with Crippen molar-refractivity contribution in [2.75, 3.05) is 5.73 Å². The number of rotatable bonds is 12. The summed E-state index contributed by atoms with van der Waals surface area (Å²) >= 11 is 0. The third-order valence-corrected chi connectivity index (χ3v) is 4.67. The van der Waals surface area contributed by atoms with Crippen molar-refractivity contribution >= 4 is 18.1 Å². The van der Waals surface area contributed by atoms with Crippen molar-refractivity contribution < 1.29 is 0 Å². The van der Waals surface area contributed by atoms with E-state index in [9.17, 15) is 0 Å². The molecule has 0 radical (unpaired) electrons. The summed E-state index contributed by atoms with van der Waals surface area (Å²) in [6.45, 7) is 6.83. The van der Waals surface area contributed by atoms with Crippen LogP contribution in [0.1, 0.15) is 95.2 Å². The van der Waals surface area contributed by atoms with Crippen LogP contribution >= 0.6 is 12.4 Å². The van der Waals surface area contributed by atoms with E-state index in [0.29, 0.717) is 0 Å². The van der Waals surface area contributed by atoms with Gasteiger partial charge < -0.3 is 5.73 Å². The topological polar surface area (TPSA) is 26.0 Å². The number of aryl methyl sites for hydroxylation is 1. The molecule has 0 fully saturated rings. The third kappa shape index (κ3) is 8.11. The van der Waals surface area contributed by atoms with Crippen LogP contribution in [0, 0.1) is 0 Å². The molecule has 0 aliphatic rings. The fourth-order valence-corrected chi connectivity index (χ4v) is 3.27. The van der Waals surface area contributed by atoms with Crippen LogP contribution in [0.25, 0.3) is 0 Å². The monoisotopic (exact) mass is 339 g/mol. The second-order valence-corrected chi connectivity index (χ2v) is 6.64. The summed E-state index contributed by atoms with van der Waals surface area (Å²) in [6, 6.07) is 4.46. The van der Waals surface area contributed by atoms with Crippen molar-refractivity contribution in [2.45, 2.75) is 97.8 Å². The minimum Gasteiger partial charge on any atom is -0.398 e. The molecule has 1 aromatic carbocycles. The van der Waals surface area contributed by atoms with Gasteiger partial charge in [-0.1, -0.05) is 65.4 Å². The lowest BCUT2D eigenvalue weighted by molar-refractivity contribution is 0.678. The number of unbranched alkanes of at least 4 members (excludes halogenated alkanes) is 6. The number of anilines is 1. The number of benzene rings is 1. The van der Waals surface area contributed by atoms with Crippen LogP contribution in [-0.4, -0.2) is 0 Å². The average Bonchev–Trinajstić information content (AvgIpc) is 2.52. The van der Waals surface area contributed by atoms with Gasteiger partial charge in [-0.3, -0.25) is 0 Å². The zero-order valence-electron chi connectivity index (χ0n) is 15.6. The van der Waals surface area contributed by atoms with Crippen molar-refractivity contribution in [3.05, 3.63) is 28.8 Å². The van der Waals surface area contributed by atoms with Crippen LogP contribution in [0.15, 0.2) is 12.1 Å². The molecule has 0 heterocycles. The highest BCUT2D eigenvalue weighted by Crippen LogP contribution is 2.27. The molecule has 1 rings (SSSR count). The number of hydrogen-bond acceptors (Lipinski definition) is 1. The zero-order chi connectivity index (χ0) is 16.2. The number of nitrogen functional groups attached to an aromatic ring is 1. The van der Waals surface area contributed by atoms with Gasteiger partial charge in [0.15, 0.2) is 0 Å². The summed E-state index contributed by atoms with van der Waals surface area (Å²) in [5.41, 5.74) is 12.0. The standard InChI is InChI=1S/C21H37N.ClH/c1-4-7-10-13-18-16-17-21(22)20(15-12-9-6-3)19(18)14-11-8-5-2;/h16-17H,4-15,22H2,1-3H3;1H. The van der Waals surface area contributed by atoms with Gasteiger partial charge in [0, 0.05) is 5.69 Å². The third-order valence-electron chi connectivity index (χ3n) is 4.67. The number of hydrogen-bond donors (Lipinski definition) is 1. The second-order valence-electron chi connectivity index (χ2n) is 6.64. The Hall–Kier alpha value is -0.690. The normalized spacial score (nSPS) is 10.6. The van der Waals surface area contributed by atoms with E-state index in [1.54, 1.807) is 11.1 Å². The van der Waals surface area contributed by atoms with Crippen LogP contribution in [0.4, 0.5) is 5.69 Å². The lowest BCUT2D eigenvalue weighted by Crippen LogP contribution is -2.06. The molecule has 0 amide bonds. The van der Waals surface area contributed by atoms with E-state index in [1.807, 2.05) is 0 Å². The van der Waals surface area contributed by atoms with Gasteiger partial charge in [0.25, 0.3) is 0 Å². The van der Waals surface area contributed by atoms with Gasteiger partial charge in [-0.15, -0.1) is 12.4 Å². The van der Waals surface area contributed by atoms with Crippen LogP contribution in [0.3, 0.4) is 0 Å². The fourth-order valence-electron chi connectivity index (χ4n) is 3.27. The van der Waals surface area contributed by atoms with Crippen LogP contribution in [0.5, 0.6) is 0 Å². The second kappa shape index (κ2) is 13.7. The maximum absolute atomic E-state index is 6.33. The predicted octanol–water partition coefficient (Wildman–Crippen LogP) is 6.89. The van der Waals surface area contributed by atoms with Crippen LogP contribution in [0.2, 0.25) is 0 Å². The molecule has 2 N–H and O–H groups in total. The molecule has 0 unspecified atom stereocenters. The molecule has 0 bridgehead atoms. The first kappa shape index (κ1) is 22.3. The van der Waals surface area contributed by atoms with E-state index in [-0.39, 0.29) is 12.4 Å². The highest BCUT2D eigenvalue weighted by atomic mass is 35.5. The van der Waals surface area contributed by atoms with E-state index < -0.39 is 0 Å². The minimum absolute atomic E-state index is 0. The Morgan fingerprint density at radius 1 is 0.652 bits per heavy atom. The van der Waals surface area contributed by atoms with Crippen molar-refractivity contribution in [3.8, 4) is 0 Å². The average molecular weight is 340 g/mol. The Balaban J connectivity index is 0.00000484. The summed E-state index contributed by atoms with van der Waals surface area (Å²) in [7, 11) is 0. The van der Waals surface area contributed by atoms with Crippen molar-refractivity contribution in [2.24, 2.45) is 0 Å². The molecular weight excluding hydrogens is 302 g/mol. The fraction of sp³-hybridized carbons (Fsp3) is 0.714. The molecule has 134 valence electrons. The summed E-state index contributed by atoms with van der Waals surface area (Å²) in [4.78, 5) is 0. The first-order valence-corrected chi connectivity index (χ1v) is 9.63. The number of nitrogens with two attached hydrogens (primary N) is 1. The molecule has 0 aliphatic carbocycles. The highest BCUT2D eigenvalue weighted by molar-refractivity contribution is 5.85. The molecule has 0 saturated heterocycles. The lowest BCUT2D eigenvalue weighted by atomic mass is 9.89. The van der Waals surface area contributed by atoms with Gasteiger partial charge in [-0.2, -0.15) is 0 Å².